The molecule has 0 aromatic carbocycles. The Labute approximate surface area is 102 Å². The molecule has 96 valence electrons. The second kappa shape index (κ2) is 4.96. The van der Waals surface area contributed by atoms with Crippen molar-refractivity contribution in [2.45, 2.75) is 0 Å². The maximum Gasteiger partial charge on any atom is 0.337 e. The normalized spacial score (nSPS) is 15.4. The molecule has 2 N–H and O–H groups in total. The molecule has 8 heteroatoms. The molecule has 1 fully saturated rings. The number of aromatic nitrogens is 1. The van der Waals surface area contributed by atoms with Crippen molar-refractivity contribution in [2.24, 2.45) is 0 Å². The van der Waals surface area contributed by atoms with Gasteiger partial charge in [-0.05, 0) is 0 Å². The molecular weight excluding hydrogens is 240 g/mol. The molecule has 0 aliphatic carbocycles. The van der Waals surface area contributed by atoms with Crippen LogP contribution >= 0.6 is 0 Å². The summed E-state index contributed by atoms with van der Waals surface area (Å²) in [7, 11) is 0. The van der Waals surface area contributed by atoms with Gasteiger partial charge in [0.05, 0.1) is 10.5 Å². The lowest BCUT2D eigenvalue weighted by molar-refractivity contribution is -0.384. The maximum absolute atomic E-state index is 11.0. The third-order valence-electron chi connectivity index (χ3n) is 2.71. The van der Waals surface area contributed by atoms with Gasteiger partial charge in [-0.2, -0.15) is 0 Å². The smallest absolute Gasteiger partial charge is 0.337 e. The summed E-state index contributed by atoms with van der Waals surface area (Å²) >= 11 is 0. The molecular formula is C10H12N4O4. The van der Waals surface area contributed by atoms with Crippen molar-refractivity contribution in [3.63, 3.8) is 0 Å². The number of carboxylic acid groups (broad SMARTS) is 1. The highest BCUT2D eigenvalue weighted by Crippen LogP contribution is 2.26. The Morgan fingerprint density at radius 2 is 2.17 bits per heavy atom. The van der Waals surface area contributed by atoms with Gasteiger partial charge in [0.2, 0.25) is 5.82 Å². The third kappa shape index (κ3) is 2.38. The van der Waals surface area contributed by atoms with Crippen molar-refractivity contribution in [3.8, 4) is 0 Å². The van der Waals surface area contributed by atoms with Crippen LogP contribution in [-0.4, -0.2) is 47.2 Å². The predicted molar refractivity (Wildman–Crippen MR) is 62.9 cm³/mol. The zero-order valence-electron chi connectivity index (χ0n) is 9.50. The van der Waals surface area contributed by atoms with Crippen LogP contribution in [0, 0.1) is 10.1 Å². The topological polar surface area (TPSA) is 109 Å². The van der Waals surface area contributed by atoms with Gasteiger partial charge < -0.3 is 15.3 Å². The van der Waals surface area contributed by atoms with E-state index in [1.165, 1.54) is 0 Å². The highest BCUT2D eigenvalue weighted by Gasteiger charge is 2.24. The number of hydrogen-bond donors (Lipinski definition) is 2. The van der Waals surface area contributed by atoms with Crippen LogP contribution < -0.4 is 10.2 Å². The van der Waals surface area contributed by atoms with Gasteiger partial charge in [-0.25, -0.2) is 9.78 Å². The predicted octanol–water partition coefficient (Wildman–Crippen LogP) is 0.0976. The first-order chi connectivity index (χ1) is 8.59. The number of hydrogen-bond acceptors (Lipinski definition) is 6. The number of anilines is 1. The van der Waals surface area contributed by atoms with Gasteiger partial charge in [0.1, 0.15) is 0 Å². The summed E-state index contributed by atoms with van der Waals surface area (Å²) < 4.78 is 0. The van der Waals surface area contributed by atoms with E-state index in [1.807, 2.05) is 0 Å². The first-order valence-electron chi connectivity index (χ1n) is 5.43. The average Bonchev–Trinajstić information content (AvgIpc) is 2.39. The summed E-state index contributed by atoms with van der Waals surface area (Å²) in [6.07, 6.45) is 1.15. The van der Waals surface area contributed by atoms with Gasteiger partial charge in [0, 0.05) is 38.4 Å². The molecule has 0 spiro atoms. The molecule has 1 aliphatic rings. The number of nitrogens with one attached hydrogen (secondary N) is 1. The van der Waals surface area contributed by atoms with E-state index in [0.717, 1.165) is 25.4 Å². The van der Waals surface area contributed by atoms with Crippen molar-refractivity contribution in [2.75, 3.05) is 31.1 Å². The van der Waals surface area contributed by atoms with Crippen LogP contribution in [0.4, 0.5) is 11.5 Å². The van der Waals surface area contributed by atoms with Crippen molar-refractivity contribution in [1.82, 2.24) is 10.3 Å². The number of carboxylic acids is 1. The summed E-state index contributed by atoms with van der Waals surface area (Å²) in [6, 6.07) is 1.05. The molecule has 1 aromatic rings. The van der Waals surface area contributed by atoms with Crippen molar-refractivity contribution in [1.29, 1.82) is 0 Å². The lowest BCUT2D eigenvalue weighted by atomic mass is 10.2. The van der Waals surface area contributed by atoms with Crippen LogP contribution in [0.3, 0.4) is 0 Å². The molecule has 2 rings (SSSR count). The second-order valence-electron chi connectivity index (χ2n) is 3.87. The molecule has 0 unspecified atom stereocenters. The van der Waals surface area contributed by atoms with Crippen LogP contribution in [-0.2, 0) is 0 Å². The van der Waals surface area contributed by atoms with Gasteiger partial charge in [0.25, 0.3) is 0 Å². The fourth-order valence-electron chi connectivity index (χ4n) is 1.82. The molecule has 1 aromatic heterocycles. The zero-order chi connectivity index (χ0) is 13.1. The first kappa shape index (κ1) is 12.2. The van der Waals surface area contributed by atoms with Gasteiger partial charge in [0.15, 0.2) is 0 Å². The monoisotopic (exact) mass is 252 g/mol. The Bertz CT molecular complexity index is 485. The number of nitrogens with zero attached hydrogens (tertiary/aromatic N) is 3. The van der Waals surface area contributed by atoms with E-state index in [9.17, 15) is 14.9 Å². The van der Waals surface area contributed by atoms with E-state index in [2.05, 4.69) is 10.3 Å². The number of nitro groups is 1. The van der Waals surface area contributed by atoms with Gasteiger partial charge in [-0.1, -0.05) is 0 Å². The zero-order valence-corrected chi connectivity index (χ0v) is 9.50. The standard InChI is InChI=1S/C10H12N4O4/c15-10(16)7-5-8(14(17)18)9(12-6-7)13-3-1-11-2-4-13/h5-6,11H,1-4H2,(H,15,16). The van der Waals surface area contributed by atoms with Gasteiger partial charge in [-0.15, -0.1) is 0 Å². The average molecular weight is 252 g/mol. The maximum atomic E-state index is 11.0. The Kier molecular flexibility index (Phi) is 3.38. The lowest BCUT2D eigenvalue weighted by Gasteiger charge is -2.27. The summed E-state index contributed by atoms with van der Waals surface area (Å²) in [5, 5.41) is 22.9. The number of carbonyl (C=O) groups is 1. The summed E-state index contributed by atoms with van der Waals surface area (Å²) in [6.45, 7) is 2.67. The minimum atomic E-state index is -1.22. The largest absolute Gasteiger partial charge is 0.478 e. The summed E-state index contributed by atoms with van der Waals surface area (Å²) in [4.78, 5) is 26.8. The molecule has 1 saturated heterocycles. The molecule has 0 atom stereocenters. The minimum absolute atomic E-state index is 0.180. The number of piperazine rings is 1. The quantitative estimate of drug-likeness (QED) is 0.580. The van der Waals surface area contributed by atoms with E-state index in [-0.39, 0.29) is 17.1 Å². The van der Waals surface area contributed by atoms with Gasteiger partial charge in [-0.3, -0.25) is 10.1 Å². The van der Waals surface area contributed by atoms with Crippen LogP contribution in [0.25, 0.3) is 0 Å². The Hall–Kier alpha value is -2.22. The fraction of sp³-hybridized carbons (Fsp3) is 0.400. The van der Waals surface area contributed by atoms with Crippen LogP contribution in [0.2, 0.25) is 0 Å². The van der Waals surface area contributed by atoms with Crippen LogP contribution in [0.1, 0.15) is 10.4 Å². The minimum Gasteiger partial charge on any atom is -0.478 e. The van der Waals surface area contributed by atoms with Crippen molar-refractivity contribution >= 4 is 17.5 Å². The van der Waals surface area contributed by atoms with Gasteiger partial charge >= 0.3 is 11.7 Å². The highest BCUT2D eigenvalue weighted by atomic mass is 16.6. The van der Waals surface area contributed by atoms with Crippen molar-refractivity contribution in [3.05, 3.63) is 27.9 Å². The molecule has 0 radical (unpaired) electrons. The molecule has 0 saturated carbocycles. The third-order valence-corrected chi connectivity index (χ3v) is 2.71. The lowest BCUT2D eigenvalue weighted by Crippen LogP contribution is -2.44. The molecule has 2 heterocycles. The van der Waals surface area contributed by atoms with E-state index >= 15 is 0 Å². The second-order valence-corrected chi connectivity index (χ2v) is 3.87. The Balaban J connectivity index is 2.39. The fourth-order valence-corrected chi connectivity index (χ4v) is 1.82. The van der Waals surface area contributed by atoms with E-state index < -0.39 is 10.9 Å². The van der Waals surface area contributed by atoms with E-state index in [1.54, 1.807) is 4.90 Å². The molecule has 18 heavy (non-hydrogen) atoms. The van der Waals surface area contributed by atoms with Crippen molar-refractivity contribution < 1.29 is 14.8 Å². The SMILES string of the molecule is O=C(O)c1cnc(N2CCNCC2)c([N+](=O)[O-])c1. The van der Waals surface area contributed by atoms with E-state index in [4.69, 9.17) is 5.11 Å². The number of aromatic carboxylic acids is 1. The van der Waals surface area contributed by atoms with Crippen LogP contribution in [0.5, 0.6) is 0 Å². The number of pyridine rings is 1. The van der Waals surface area contributed by atoms with E-state index in [0.29, 0.717) is 13.1 Å². The number of rotatable bonds is 3. The molecule has 0 bridgehead atoms. The van der Waals surface area contributed by atoms with Crippen LogP contribution in [0.15, 0.2) is 12.3 Å². The highest BCUT2D eigenvalue weighted by molar-refractivity contribution is 5.88. The Morgan fingerprint density at radius 3 is 2.72 bits per heavy atom. The molecule has 1 aliphatic heterocycles. The Morgan fingerprint density at radius 1 is 1.50 bits per heavy atom. The summed E-state index contributed by atoms with van der Waals surface area (Å²) in [5.41, 5.74) is -0.447. The molecule has 0 amide bonds. The molecule has 8 nitrogen and oxygen atoms in total. The summed E-state index contributed by atoms with van der Waals surface area (Å²) in [5.74, 6) is -0.996. The first-order valence-corrected chi connectivity index (χ1v) is 5.43.